The Morgan fingerprint density at radius 1 is 1.44 bits per heavy atom. The Morgan fingerprint density at radius 2 is 2.06 bits per heavy atom. The van der Waals surface area contributed by atoms with Crippen molar-refractivity contribution in [3.63, 3.8) is 0 Å². The minimum absolute atomic E-state index is 0.148. The molecule has 4 heteroatoms. The van der Waals surface area contributed by atoms with Crippen LogP contribution in [0.2, 0.25) is 0 Å². The molecule has 1 aliphatic rings. The van der Waals surface area contributed by atoms with E-state index < -0.39 is 5.97 Å². The Morgan fingerprint density at radius 3 is 2.50 bits per heavy atom. The predicted octanol–water partition coefficient (Wildman–Crippen LogP) is 2.82. The summed E-state index contributed by atoms with van der Waals surface area (Å²) in [5.74, 6) is 0.327. The van der Waals surface area contributed by atoms with Gasteiger partial charge < -0.3 is 10.4 Å². The summed E-state index contributed by atoms with van der Waals surface area (Å²) in [7, 11) is 0. The molecule has 0 aliphatic carbocycles. The highest BCUT2D eigenvalue weighted by molar-refractivity contribution is 5.78. The van der Waals surface area contributed by atoms with Crippen LogP contribution in [-0.2, 0) is 9.59 Å². The van der Waals surface area contributed by atoms with Crippen molar-refractivity contribution in [2.45, 2.75) is 65.8 Å². The van der Waals surface area contributed by atoms with E-state index in [0.29, 0.717) is 18.3 Å². The number of rotatable bonds is 6. The second kappa shape index (κ2) is 8.95. The molecule has 0 aromatic heterocycles. The maximum atomic E-state index is 11.2. The summed E-state index contributed by atoms with van der Waals surface area (Å²) in [5, 5.41) is 11.4. The number of hydrogen-bond acceptors (Lipinski definition) is 2. The van der Waals surface area contributed by atoms with E-state index in [1.807, 2.05) is 20.8 Å². The lowest BCUT2D eigenvalue weighted by Gasteiger charge is -2.21. The van der Waals surface area contributed by atoms with Crippen molar-refractivity contribution >= 4 is 11.9 Å². The molecule has 0 unspecified atom stereocenters. The lowest BCUT2D eigenvalue weighted by atomic mass is 9.85. The van der Waals surface area contributed by atoms with Crippen LogP contribution in [0.3, 0.4) is 0 Å². The largest absolute Gasteiger partial charge is 0.481 e. The SMILES string of the molecule is CC.C[C@@H]1NC(=O)C[C@@H]1[C@@H](C)CCCCC(=O)O. The van der Waals surface area contributed by atoms with Crippen molar-refractivity contribution in [2.75, 3.05) is 0 Å². The molecule has 0 saturated carbocycles. The molecule has 1 rings (SSSR count). The van der Waals surface area contributed by atoms with E-state index in [-0.39, 0.29) is 18.4 Å². The fourth-order valence-electron chi connectivity index (χ4n) is 2.46. The number of unbranched alkanes of at least 4 members (excludes halogenated alkanes) is 1. The van der Waals surface area contributed by atoms with Crippen LogP contribution < -0.4 is 5.32 Å². The zero-order valence-electron chi connectivity index (χ0n) is 12.0. The minimum Gasteiger partial charge on any atom is -0.481 e. The Kier molecular flexibility index (Phi) is 8.42. The van der Waals surface area contributed by atoms with Gasteiger partial charge in [0, 0.05) is 18.9 Å². The molecule has 4 nitrogen and oxygen atoms in total. The number of nitrogens with one attached hydrogen (secondary N) is 1. The second-order valence-corrected chi connectivity index (χ2v) is 4.84. The Balaban J connectivity index is 0.00000137. The van der Waals surface area contributed by atoms with Gasteiger partial charge in [-0.05, 0) is 25.2 Å². The van der Waals surface area contributed by atoms with E-state index in [4.69, 9.17) is 5.11 Å². The molecule has 1 saturated heterocycles. The monoisotopic (exact) mass is 257 g/mol. The summed E-state index contributed by atoms with van der Waals surface area (Å²) in [5.41, 5.74) is 0. The first-order chi connectivity index (χ1) is 8.50. The van der Waals surface area contributed by atoms with E-state index in [9.17, 15) is 9.59 Å². The number of carbonyl (C=O) groups is 2. The third-order valence-electron chi connectivity index (χ3n) is 3.48. The highest BCUT2D eigenvalue weighted by atomic mass is 16.4. The molecule has 3 atom stereocenters. The summed E-state index contributed by atoms with van der Waals surface area (Å²) in [6.45, 7) is 8.20. The van der Waals surface area contributed by atoms with Crippen LogP contribution in [-0.4, -0.2) is 23.0 Å². The third kappa shape index (κ3) is 6.03. The molecule has 18 heavy (non-hydrogen) atoms. The van der Waals surface area contributed by atoms with Gasteiger partial charge in [-0.1, -0.05) is 33.6 Å². The van der Waals surface area contributed by atoms with E-state index in [1.54, 1.807) is 0 Å². The van der Waals surface area contributed by atoms with Gasteiger partial charge in [0.05, 0.1) is 0 Å². The molecule has 0 radical (unpaired) electrons. The van der Waals surface area contributed by atoms with Gasteiger partial charge in [0.25, 0.3) is 0 Å². The molecule has 1 fully saturated rings. The van der Waals surface area contributed by atoms with E-state index in [1.165, 1.54) is 0 Å². The van der Waals surface area contributed by atoms with Gasteiger partial charge in [0.15, 0.2) is 0 Å². The summed E-state index contributed by atoms with van der Waals surface area (Å²) >= 11 is 0. The molecule has 106 valence electrons. The third-order valence-corrected chi connectivity index (χ3v) is 3.48. The standard InChI is InChI=1S/C12H21NO3.C2H6/c1-8(5-3-4-6-12(15)16)10-7-11(14)13-9(10)2;1-2/h8-10H,3-7H2,1-2H3,(H,13,14)(H,15,16);1-2H3/t8-,9-,10+;/m0./s1. The fraction of sp³-hybridized carbons (Fsp3) is 0.857. The minimum atomic E-state index is -0.723. The normalized spacial score (nSPS) is 23.9. The van der Waals surface area contributed by atoms with Gasteiger partial charge in [-0.15, -0.1) is 0 Å². The number of amides is 1. The molecule has 1 amide bonds. The lowest BCUT2D eigenvalue weighted by Crippen LogP contribution is -2.28. The Labute approximate surface area is 110 Å². The first kappa shape index (κ1) is 16.9. The number of carboxylic acid groups (broad SMARTS) is 1. The molecule has 1 heterocycles. The van der Waals surface area contributed by atoms with Crippen LogP contribution in [0.15, 0.2) is 0 Å². The highest BCUT2D eigenvalue weighted by Gasteiger charge is 2.32. The number of aliphatic carboxylic acids is 1. The van der Waals surface area contributed by atoms with Crippen molar-refractivity contribution in [3.8, 4) is 0 Å². The van der Waals surface area contributed by atoms with Crippen LogP contribution >= 0.6 is 0 Å². The average Bonchev–Trinajstić information content (AvgIpc) is 2.66. The van der Waals surface area contributed by atoms with Gasteiger partial charge in [0.1, 0.15) is 0 Å². The van der Waals surface area contributed by atoms with Crippen LogP contribution in [0.4, 0.5) is 0 Å². The molecule has 0 bridgehead atoms. The predicted molar refractivity (Wildman–Crippen MR) is 72.3 cm³/mol. The first-order valence-corrected chi connectivity index (χ1v) is 7.02. The molecule has 0 aromatic carbocycles. The van der Waals surface area contributed by atoms with E-state index >= 15 is 0 Å². The van der Waals surface area contributed by atoms with Crippen LogP contribution in [0, 0.1) is 11.8 Å². The molecular formula is C14H27NO3. The number of hydrogen-bond donors (Lipinski definition) is 2. The number of carbonyl (C=O) groups excluding carboxylic acids is 1. The van der Waals surface area contributed by atoms with Crippen LogP contribution in [0.1, 0.15) is 59.8 Å². The van der Waals surface area contributed by atoms with Crippen LogP contribution in [0.25, 0.3) is 0 Å². The van der Waals surface area contributed by atoms with Crippen molar-refractivity contribution < 1.29 is 14.7 Å². The molecule has 1 aliphatic heterocycles. The lowest BCUT2D eigenvalue weighted by molar-refractivity contribution is -0.137. The summed E-state index contributed by atoms with van der Waals surface area (Å²) in [6, 6.07) is 0.266. The van der Waals surface area contributed by atoms with E-state index in [0.717, 1.165) is 19.3 Å². The Bertz CT molecular complexity index is 266. The summed E-state index contributed by atoms with van der Waals surface area (Å²) in [4.78, 5) is 21.5. The maximum absolute atomic E-state index is 11.2. The van der Waals surface area contributed by atoms with Gasteiger partial charge in [-0.25, -0.2) is 0 Å². The van der Waals surface area contributed by atoms with E-state index in [2.05, 4.69) is 12.2 Å². The highest BCUT2D eigenvalue weighted by Crippen LogP contribution is 2.28. The fourth-order valence-corrected chi connectivity index (χ4v) is 2.46. The topological polar surface area (TPSA) is 66.4 Å². The summed E-state index contributed by atoms with van der Waals surface area (Å²) in [6.07, 6.45) is 3.57. The van der Waals surface area contributed by atoms with Gasteiger partial charge in [0.2, 0.25) is 5.91 Å². The van der Waals surface area contributed by atoms with Gasteiger partial charge in [-0.3, -0.25) is 9.59 Å². The maximum Gasteiger partial charge on any atom is 0.303 e. The molecular weight excluding hydrogens is 230 g/mol. The zero-order chi connectivity index (χ0) is 14.1. The molecule has 2 N–H and O–H groups in total. The Hall–Kier alpha value is -1.06. The van der Waals surface area contributed by atoms with Crippen molar-refractivity contribution in [2.24, 2.45) is 11.8 Å². The van der Waals surface area contributed by atoms with Crippen LogP contribution in [0.5, 0.6) is 0 Å². The van der Waals surface area contributed by atoms with Gasteiger partial charge >= 0.3 is 5.97 Å². The molecule has 0 spiro atoms. The van der Waals surface area contributed by atoms with Crippen molar-refractivity contribution in [3.05, 3.63) is 0 Å². The molecule has 0 aromatic rings. The zero-order valence-corrected chi connectivity index (χ0v) is 12.0. The summed E-state index contributed by atoms with van der Waals surface area (Å²) < 4.78 is 0. The van der Waals surface area contributed by atoms with Crippen molar-refractivity contribution in [1.29, 1.82) is 0 Å². The average molecular weight is 257 g/mol. The van der Waals surface area contributed by atoms with Gasteiger partial charge in [-0.2, -0.15) is 0 Å². The first-order valence-electron chi connectivity index (χ1n) is 7.02. The van der Waals surface area contributed by atoms with Crippen molar-refractivity contribution in [1.82, 2.24) is 5.32 Å². The second-order valence-electron chi connectivity index (χ2n) is 4.84. The smallest absolute Gasteiger partial charge is 0.303 e. The quantitative estimate of drug-likeness (QED) is 0.719. The number of carboxylic acids is 1.